The predicted molar refractivity (Wildman–Crippen MR) is 95.7 cm³/mol. The normalized spacial score (nSPS) is 16.6. The molecule has 0 bridgehead atoms. The van der Waals surface area contributed by atoms with Gasteiger partial charge in [0.25, 0.3) is 5.56 Å². The lowest BCUT2D eigenvalue weighted by atomic mass is 10.2. The average Bonchev–Trinajstić information content (AvgIpc) is 2.64. The molecule has 1 aromatic carbocycles. The molecular formula is C17H19ClN4O3. The largest absolute Gasteiger partial charge is 0.480 e. The molecule has 2 heterocycles. The minimum absolute atomic E-state index is 0.124. The summed E-state index contributed by atoms with van der Waals surface area (Å²) < 4.78 is 1.27. The van der Waals surface area contributed by atoms with Crippen LogP contribution in [0.25, 0.3) is 5.69 Å². The second kappa shape index (κ2) is 7.25. The third-order valence-corrected chi connectivity index (χ3v) is 4.82. The number of halogens is 1. The molecular weight excluding hydrogens is 344 g/mol. The van der Waals surface area contributed by atoms with Crippen molar-refractivity contribution in [3.05, 3.63) is 51.9 Å². The van der Waals surface area contributed by atoms with E-state index in [0.717, 1.165) is 0 Å². The standard InChI is InChI=1S/C17H19ClN4O3/c1-12(17(24)25)20-7-9-21(10-8-20)14-11-19-22(16(23)15(14)18)13-5-3-2-4-6-13/h2-6,11-12H,7-10H2,1H3,(H,24,25). The van der Waals surface area contributed by atoms with Crippen LogP contribution in [0, 0.1) is 0 Å². The van der Waals surface area contributed by atoms with Gasteiger partial charge in [0.15, 0.2) is 0 Å². The van der Waals surface area contributed by atoms with Gasteiger partial charge in [-0.3, -0.25) is 14.5 Å². The summed E-state index contributed by atoms with van der Waals surface area (Å²) in [6, 6.07) is 8.57. The highest BCUT2D eigenvalue weighted by Gasteiger charge is 2.26. The lowest BCUT2D eigenvalue weighted by molar-refractivity contribution is -0.142. The van der Waals surface area contributed by atoms with E-state index >= 15 is 0 Å². The minimum atomic E-state index is -0.835. The molecule has 0 aliphatic carbocycles. The van der Waals surface area contributed by atoms with Gasteiger partial charge in [-0.2, -0.15) is 9.78 Å². The van der Waals surface area contributed by atoms with Crippen LogP contribution in [0.3, 0.4) is 0 Å². The molecule has 1 saturated heterocycles. The predicted octanol–water partition coefficient (Wildman–Crippen LogP) is 1.48. The van der Waals surface area contributed by atoms with Crippen LogP contribution >= 0.6 is 11.6 Å². The fraction of sp³-hybridized carbons (Fsp3) is 0.353. The first-order valence-corrected chi connectivity index (χ1v) is 8.42. The first-order chi connectivity index (χ1) is 12.0. The molecule has 3 rings (SSSR count). The highest BCUT2D eigenvalue weighted by Crippen LogP contribution is 2.23. The summed E-state index contributed by atoms with van der Waals surface area (Å²) in [5, 5.41) is 13.5. The number of carboxylic acids is 1. The quantitative estimate of drug-likeness (QED) is 0.887. The maximum absolute atomic E-state index is 12.5. The van der Waals surface area contributed by atoms with E-state index in [9.17, 15) is 9.59 Å². The molecule has 132 valence electrons. The van der Waals surface area contributed by atoms with Gasteiger partial charge in [-0.05, 0) is 19.1 Å². The van der Waals surface area contributed by atoms with E-state index in [-0.39, 0.29) is 10.6 Å². The average molecular weight is 363 g/mol. The summed E-state index contributed by atoms with van der Waals surface area (Å²) in [5.41, 5.74) is 0.870. The Bertz CT molecular complexity index is 816. The van der Waals surface area contributed by atoms with E-state index in [1.807, 2.05) is 28.0 Å². The summed E-state index contributed by atoms with van der Waals surface area (Å²) in [5.74, 6) is -0.835. The Kier molecular flexibility index (Phi) is 5.06. The Morgan fingerprint density at radius 2 is 1.84 bits per heavy atom. The van der Waals surface area contributed by atoms with Crippen LogP contribution < -0.4 is 10.5 Å². The Labute approximate surface area is 150 Å². The summed E-state index contributed by atoms with van der Waals surface area (Å²) in [4.78, 5) is 27.5. The number of rotatable bonds is 4. The van der Waals surface area contributed by atoms with Gasteiger partial charge >= 0.3 is 5.97 Å². The molecule has 8 heteroatoms. The van der Waals surface area contributed by atoms with E-state index in [0.29, 0.717) is 37.6 Å². The van der Waals surface area contributed by atoms with Crippen LogP contribution in [0.2, 0.25) is 5.02 Å². The Morgan fingerprint density at radius 1 is 1.20 bits per heavy atom. The van der Waals surface area contributed by atoms with Crippen molar-refractivity contribution in [1.82, 2.24) is 14.7 Å². The Balaban J connectivity index is 1.80. The van der Waals surface area contributed by atoms with E-state index in [1.165, 1.54) is 4.68 Å². The molecule has 25 heavy (non-hydrogen) atoms. The van der Waals surface area contributed by atoms with E-state index in [2.05, 4.69) is 5.10 Å². The highest BCUT2D eigenvalue weighted by atomic mass is 35.5. The molecule has 0 amide bonds. The molecule has 0 radical (unpaired) electrons. The minimum Gasteiger partial charge on any atom is -0.480 e. The van der Waals surface area contributed by atoms with Crippen molar-refractivity contribution in [2.75, 3.05) is 31.1 Å². The maximum atomic E-state index is 12.5. The number of para-hydroxylation sites is 1. The first-order valence-electron chi connectivity index (χ1n) is 8.04. The summed E-state index contributed by atoms with van der Waals surface area (Å²) in [7, 11) is 0. The fourth-order valence-electron chi connectivity index (χ4n) is 2.90. The van der Waals surface area contributed by atoms with Crippen LogP contribution in [0.5, 0.6) is 0 Å². The molecule has 1 aliphatic heterocycles. The number of carboxylic acid groups (broad SMARTS) is 1. The smallest absolute Gasteiger partial charge is 0.320 e. The van der Waals surface area contributed by atoms with Gasteiger partial charge in [-0.25, -0.2) is 0 Å². The van der Waals surface area contributed by atoms with Gasteiger partial charge in [0.05, 0.1) is 17.6 Å². The van der Waals surface area contributed by atoms with Crippen LogP contribution in [0.1, 0.15) is 6.92 Å². The molecule has 1 N–H and O–H groups in total. The molecule has 1 fully saturated rings. The van der Waals surface area contributed by atoms with E-state index < -0.39 is 12.0 Å². The fourth-order valence-corrected chi connectivity index (χ4v) is 3.15. The molecule has 2 aromatic rings. The van der Waals surface area contributed by atoms with Crippen molar-refractivity contribution in [3.63, 3.8) is 0 Å². The number of nitrogens with zero attached hydrogens (tertiary/aromatic N) is 4. The Morgan fingerprint density at radius 3 is 2.44 bits per heavy atom. The third-order valence-electron chi connectivity index (χ3n) is 4.46. The monoisotopic (exact) mass is 362 g/mol. The number of aliphatic carboxylic acids is 1. The van der Waals surface area contributed by atoms with Gasteiger partial charge in [0.1, 0.15) is 11.1 Å². The molecule has 1 aromatic heterocycles. The van der Waals surface area contributed by atoms with Crippen LogP contribution in [0.4, 0.5) is 5.69 Å². The number of carbonyl (C=O) groups is 1. The summed E-state index contributed by atoms with van der Waals surface area (Å²) in [6.45, 7) is 4.03. The zero-order chi connectivity index (χ0) is 18.0. The van der Waals surface area contributed by atoms with E-state index in [1.54, 1.807) is 25.3 Å². The number of anilines is 1. The van der Waals surface area contributed by atoms with Crippen LogP contribution in [-0.2, 0) is 4.79 Å². The highest BCUT2D eigenvalue weighted by molar-refractivity contribution is 6.33. The van der Waals surface area contributed by atoms with Crippen molar-refractivity contribution in [1.29, 1.82) is 0 Å². The number of benzene rings is 1. The molecule has 1 unspecified atom stereocenters. The van der Waals surface area contributed by atoms with Crippen molar-refractivity contribution in [2.45, 2.75) is 13.0 Å². The van der Waals surface area contributed by atoms with Gasteiger partial charge in [-0.1, -0.05) is 29.8 Å². The number of hydrogen-bond donors (Lipinski definition) is 1. The summed E-state index contributed by atoms with van der Waals surface area (Å²) in [6.07, 6.45) is 1.59. The zero-order valence-corrected chi connectivity index (χ0v) is 14.6. The molecule has 7 nitrogen and oxygen atoms in total. The SMILES string of the molecule is CC(C(=O)O)N1CCN(c2cnn(-c3ccccc3)c(=O)c2Cl)CC1. The van der Waals surface area contributed by atoms with Gasteiger partial charge < -0.3 is 10.0 Å². The molecule has 0 saturated carbocycles. The van der Waals surface area contributed by atoms with Gasteiger partial charge in [0, 0.05) is 26.2 Å². The first kappa shape index (κ1) is 17.4. The Hall–Kier alpha value is -2.38. The lowest BCUT2D eigenvalue weighted by Crippen LogP contribution is -2.52. The number of hydrogen-bond acceptors (Lipinski definition) is 5. The lowest BCUT2D eigenvalue weighted by Gasteiger charge is -2.37. The van der Waals surface area contributed by atoms with Crippen molar-refractivity contribution < 1.29 is 9.90 Å². The zero-order valence-electron chi connectivity index (χ0n) is 13.8. The van der Waals surface area contributed by atoms with Crippen molar-refractivity contribution in [3.8, 4) is 5.69 Å². The van der Waals surface area contributed by atoms with Crippen molar-refractivity contribution in [2.24, 2.45) is 0 Å². The topological polar surface area (TPSA) is 78.7 Å². The molecule has 1 atom stereocenters. The van der Waals surface area contributed by atoms with Crippen LogP contribution in [0.15, 0.2) is 41.3 Å². The second-order valence-electron chi connectivity index (χ2n) is 5.93. The summed E-state index contributed by atoms with van der Waals surface area (Å²) >= 11 is 6.31. The van der Waals surface area contributed by atoms with E-state index in [4.69, 9.17) is 16.7 Å². The number of aromatic nitrogens is 2. The molecule has 1 aliphatic rings. The maximum Gasteiger partial charge on any atom is 0.320 e. The molecule has 0 spiro atoms. The third kappa shape index (κ3) is 3.52. The van der Waals surface area contributed by atoms with Gasteiger partial charge in [-0.15, -0.1) is 0 Å². The second-order valence-corrected chi connectivity index (χ2v) is 6.31. The van der Waals surface area contributed by atoms with Crippen LogP contribution in [-0.4, -0.2) is 58.0 Å². The van der Waals surface area contributed by atoms with Crippen molar-refractivity contribution >= 4 is 23.3 Å². The number of piperazine rings is 1. The van der Waals surface area contributed by atoms with Gasteiger partial charge in [0.2, 0.25) is 0 Å².